The quantitative estimate of drug-likeness (QED) is 0.841. The fraction of sp³-hybridized carbons (Fsp3) is 0.750. The number of hydrogen-bond donors (Lipinski definition) is 0. The molecule has 1 aromatic rings. The average Bonchev–Trinajstić information content (AvgIpc) is 3.25. The smallest absolute Gasteiger partial charge is 0.297 e. The number of likely N-dealkylation sites (tertiary alicyclic amines) is 1. The minimum absolute atomic E-state index is 0.0176. The van der Waals surface area contributed by atoms with Crippen LogP contribution in [-0.4, -0.2) is 66.0 Å². The Morgan fingerprint density at radius 3 is 2.50 bits per heavy atom. The lowest BCUT2D eigenvalue weighted by Crippen LogP contribution is -2.54. The summed E-state index contributed by atoms with van der Waals surface area (Å²) in [6.45, 7) is 9.45. The van der Waals surface area contributed by atoms with Gasteiger partial charge in [0, 0.05) is 45.7 Å². The highest BCUT2D eigenvalue weighted by atomic mass is 16.4. The number of piperazine rings is 1. The topological polar surface area (TPSA) is 52.8 Å². The summed E-state index contributed by atoms with van der Waals surface area (Å²) in [6, 6.07) is 0.700. The van der Waals surface area contributed by atoms with Crippen LogP contribution in [0.3, 0.4) is 0 Å². The SMILES string of the molecule is CCc1cnc(N2CCN(C(C)C(=O)N3CCCC3)CC2)o1. The molecule has 3 heterocycles. The van der Waals surface area contributed by atoms with Crippen LogP contribution in [0.1, 0.15) is 32.4 Å². The zero-order chi connectivity index (χ0) is 15.5. The van der Waals surface area contributed by atoms with Crippen molar-refractivity contribution in [1.82, 2.24) is 14.8 Å². The molecule has 2 saturated heterocycles. The highest BCUT2D eigenvalue weighted by Crippen LogP contribution is 2.19. The molecule has 2 fully saturated rings. The number of aromatic nitrogens is 1. The summed E-state index contributed by atoms with van der Waals surface area (Å²) in [5.41, 5.74) is 0. The van der Waals surface area contributed by atoms with E-state index in [1.165, 1.54) is 0 Å². The molecule has 6 heteroatoms. The zero-order valence-electron chi connectivity index (χ0n) is 13.6. The highest BCUT2D eigenvalue weighted by Gasteiger charge is 2.30. The summed E-state index contributed by atoms with van der Waals surface area (Å²) >= 11 is 0. The van der Waals surface area contributed by atoms with E-state index in [1.54, 1.807) is 6.20 Å². The number of carbonyl (C=O) groups is 1. The second-order valence-electron chi connectivity index (χ2n) is 6.19. The van der Waals surface area contributed by atoms with Gasteiger partial charge in [-0.1, -0.05) is 6.92 Å². The van der Waals surface area contributed by atoms with E-state index in [0.29, 0.717) is 0 Å². The molecule has 3 rings (SSSR count). The van der Waals surface area contributed by atoms with Gasteiger partial charge in [0.05, 0.1) is 12.2 Å². The van der Waals surface area contributed by atoms with Crippen LogP contribution >= 0.6 is 0 Å². The summed E-state index contributed by atoms with van der Waals surface area (Å²) in [7, 11) is 0. The summed E-state index contributed by atoms with van der Waals surface area (Å²) in [4.78, 5) is 23.3. The number of amides is 1. The van der Waals surface area contributed by atoms with E-state index < -0.39 is 0 Å². The molecule has 0 radical (unpaired) electrons. The van der Waals surface area contributed by atoms with Gasteiger partial charge < -0.3 is 14.2 Å². The lowest BCUT2D eigenvalue weighted by molar-refractivity contribution is -0.135. The predicted molar refractivity (Wildman–Crippen MR) is 84.9 cm³/mol. The molecule has 6 nitrogen and oxygen atoms in total. The van der Waals surface area contributed by atoms with Crippen molar-refractivity contribution in [3.8, 4) is 0 Å². The Balaban J connectivity index is 1.53. The van der Waals surface area contributed by atoms with E-state index in [4.69, 9.17) is 4.42 Å². The van der Waals surface area contributed by atoms with Crippen molar-refractivity contribution in [2.75, 3.05) is 44.2 Å². The van der Waals surface area contributed by atoms with Crippen LogP contribution < -0.4 is 4.90 Å². The summed E-state index contributed by atoms with van der Waals surface area (Å²) < 4.78 is 5.72. The molecular weight excluding hydrogens is 280 g/mol. The van der Waals surface area contributed by atoms with Crippen LogP contribution in [0, 0.1) is 0 Å². The van der Waals surface area contributed by atoms with Gasteiger partial charge in [-0.05, 0) is 19.8 Å². The van der Waals surface area contributed by atoms with Crippen molar-refractivity contribution in [3.63, 3.8) is 0 Å². The number of hydrogen-bond acceptors (Lipinski definition) is 5. The second kappa shape index (κ2) is 6.69. The first-order valence-electron chi connectivity index (χ1n) is 8.41. The van der Waals surface area contributed by atoms with Crippen molar-refractivity contribution in [2.24, 2.45) is 0 Å². The van der Waals surface area contributed by atoms with Crippen molar-refractivity contribution in [2.45, 2.75) is 39.2 Å². The molecule has 1 atom stereocenters. The Morgan fingerprint density at radius 1 is 1.23 bits per heavy atom. The molecule has 2 aliphatic heterocycles. The van der Waals surface area contributed by atoms with Crippen molar-refractivity contribution in [3.05, 3.63) is 12.0 Å². The van der Waals surface area contributed by atoms with Crippen LogP contribution in [0.4, 0.5) is 6.01 Å². The van der Waals surface area contributed by atoms with Gasteiger partial charge in [0.25, 0.3) is 6.01 Å². The molecule has 1 amide bonds. The molecule has 0 saturated carbocycles. The number of oxazole rings is 1. The van der Waals surface area contributed by atoms with Crippen LogP contribution in [-0.2, 0) is 11.2 Å². The van der Waals surface area contributed by atoms with Gasteiger partial charge in [0.15, 0.2) is 0 Å². The number of anilines is 1. The molecule has 0 aliphatic carbocycles. The third-order valence-corrected chi connectivity index (χ3v) is 4.80. The van der Waals surface area contributed by atoms with E-state index in [1.807, 2.05) is 11.8 Å². The van der Waals surface area contributed by atoms with E-state index >= 15 is 0 Å². The van der Waals surface area contributed by atoms with Crippen molar-refractivity contribution < 1.29 is 9.21 Å². The van der Waals surface area contributed by atoms with Gasteiger partial charge in [-0.15, -0.1) is 0 Å². The van der Waals surface area contributed by atoms with Crippen molar-refractivity contribution in [1.29, 1.82) is 0 Å². The molecular formula is C16H26N4O2. The van der Waals surface area contributed by atoms with E-state index in [9.17, 15) is 4.79 Å². The average molecular weight is 306 g/mol. The minimum Gasteiger partial charge on any atom is -0.429 e. The number of rotatable bonds is 4. The zero-order valence-corrected chi connectivity index (χ0v) is 13.6. The predicted octanol–water partition coefficient (Wildman–Crippen LogP) is 1.37. The van der Waals surface area contributed by atoms with Gasteiger partial charge in [-0.25, -0.2) is 4.98 Å². The Hall–Kier alpha value is -1.56. The number of carbonyl (C=O) groups excluding carboxylic acids is 1. The lowest BCUT2D eigenvalue weighted by Gasteiger charge is -2.37. The third-order valence-electron chi connectivity index (χ3n) is 4.80. The molecule has 22 heavy (non-hydrogen) atoms. The minimum atomic E-state index is -0.0176. The molecule has 2 aliphatic rings. The van der Waals surface area contributed by atoms with Crippen LogP contribution in [0.25, 0.3) is 0 Å². The first-order valence-corrected chi connectivity index (χ1v) is 8.41. The summed E-state index contributed by atoms with van der Waals surface area (Å²) in [5.74, 6) is 1.21. The number of aryl methyl sites for hydroxylation is 1. The Kier molecular flexibility index (Phi) is 4.66. The molecule has 122 valence electrons. The van der Waals surface area contributed by atoms with Crippen molar-refractivity contribution >= 4 is 11.9 Å². The van der Waals surface area contributed by atoms with Gasteiger partial charge in [-0.3, -0.25) is 9.69 Å². The monoisotopic (exact) mass is 306 g/mol. The van der Waals surface area contributed by atoms with Crippen LogP contribution in [0.5, 0.6) is 0 Å². The maximum Gasteiger partial charge on any atom is 0.297 e. The van der Waals surface area contributed by atoms with Crippen LogP contribution in [0.15, 0.2) is 10.6 Å². The van der Waals surface area contributed by atoms with Gasteiger partial charge in [0.2, 0.25) is 5.91 Å². The fourth-order valence-corrected chi connectivity index (χ4v) is 3.27. The lowest BCUT2D eigenvalue weighted by atomic mass is 10.2. The Labute approximate surface area is 132 Å². The van der Waals surface area contributed by atoms with Gasteiger partial charge in [-0.2, -0.15) is 0 Å². The first kappa shape index (κ1) is 15.3. The van der Waals surface area contributed by atoms with E-state index in [0.717, 1.165) is 70.3 Å². The molecule has 1 unspecified atom stereocenters. The molecule has 0 bridgehead atoms. The maximum atomic E-state index is 12.5. The van der Waals surface area contributed by atoms with Crippen LogP contribution in [0.2, 0.25) is 0 Å². The Morgan fingerprint density at radius 2 is 1.91 bits per heavy atom. The fourth-order valence-electron chi connectivity index (χ4n) is 3.27. The standard InChI is InChI=1S/C16H26N4O2/c1-3-14-12-17-16(22-14)20-10-8-18(9-11-20)13(2)15(21)19-6-4-5-7-19/h12-13H,3-11H2,1-2H3. The largest absolute Gasteiger partial charge is 0.429 e. The molecule has 0 N–H and O–H groups in total. The molecule has 0 spiro atoms. The first-order chi connectivity index (χ1) is 10.7. The molecule has 1 aromatic heterocycles. The highest BCUT2D eigenvalue weighted by molar-refractivity contribution is 5.81. The molecule has 0 aromatic carbocycles. The summed E-state index contributed by atoms with van der Waals surface area (Å²) in [5, 5.41) is 0. The number of nitrogens with zero attached hydrogens (tertiary/aromatic N) is 4. The van der Waals surface area contributed by atoms with E-state index in [-0.39, 0.29) is 11.9 Å². The normalized spacial score (nSPS) is 21.4. The summed E-state index contributed by atoms with van der Waals surface area (Å²) in [6.07, 6.45) is 4.97. The third kappa shape index (κ3) is 3.11. The van der Waals surface area contributed by atoms with Gasteiger partial charge >= 0.3 is 0 Å². The van der Waals surface area contributed by atoms with Gasteiger partial charge in [0.1, 0.15) is 5.76 Å². The second-order valence-corrected chi connectivity index (χ2v) is 6.19. The Bertz CT molecular complexity index is 502. The van der Waals surface area contributed by atoms with E-state index in [2.05, 4.69) is 21.7 Å². The maximum absolute atomic E-state index is 12.5.